The number of unbranched alkanes of at least 4 members (excludes halogenated alkanes) is 2. The van der Waals surface area contributed by atoms with Crippen LogP contribution in [0.4, 0.5) is 0 Å². The highest BCUT2D eigenvalue weighted by Gasteiger charge is 2.13. The number of allylic oxidation sites excluding steroid dienone is 2. The van der Waals surface area contributed by atoms with E-state index < -0.39 is 0 Å². The molecule has 98 valence electrons. The van der Waals surface area contributed by atoms with Crippen LogP contribution in [0.1, 0.15) is 61.8 Å². The van der Waals surface area contributed by atoms with Gasteiger partial charge >= 0.3 is 0 Å². The average molecular weight is 242 g/mol. The Bertz CT molecular complexity index is 412. The minimum atomic E-state index is 1.14. The van der Waals surface area contributed by atoms with Crippen molar-refractivity contribution in [3.05, 3.63) is 46.5 Å². The lowest BCUT2D eigenvalue weighted by atomic mass is 9.85. The average Bonchev–Trinajstić information content (AvgIpc) is 2.43. The van der Waals surface area contributed by atoms with Gasteiger partial charge in [-0.05, 0) is 60.8 Å². The fourth-order valence-electron chi connectivity index (χ4n) is 2.91. The fraction of sp³-hybridized carbons (Fsp3) is 0.556. The molecule has 0 heterocycles. The molecule has 0 radical (unpaired) electrons. The maximum absolute atomic E-state index is 2.40. The smallest absolute Gasteiger partial charge is 0.00917 e. The molecule has 0 atom stereocenters. The van der Waals surface area contributed by atoms with E-state index in [1.807, 2.05) is 0 Å². The van der Waals surface area contributed by atoms with Crippen LogP contribution in [-0.2, 0) is 25.7 Å². The summed E-state index contributed by atoms with van der Waals surface area (Å²) in [6, 6.07) is 4.78. The quantitative estimate of drug-likeness (QED) is 0.614. The largest absolute Gasteiger partial charge is 0.0838 e. The number of benzene rings is 1. The number of hydrogen-bond acceptors (Lipinski definition) is 0. The highest BCUT2D eigenvalue weighted by Crippen LogP contribution is 2.27. The number of rotatable bonds is 6. The van der Waals surface area contributed by atoms with Gasteiger partial charge in [0.1, 0.15) is 0 Å². The standard InChI is InChI=1S/C18H26/c1-3-5-9-15-13-14-16-10-7-8-12-18(16)17(15)11-6-4-2/h7-8,13-14H,3-6,9-12H2,1-2H3. The van der Waals surface area contributed by atoms with E-state index in [9.17, 15) is 0 Å². The van der Waals surface area contributed by atoms with Crippen molar-refractivity contribution >= 4 is 0 Å². The summed E-state index contributed by atoms with van der Waals surface area (Å²) in [7, 11) is 0. The minimum absolute atomic E-state index is 1.14. The van der Waals surface area contributed by atoms with Crippen LogP contribution >= 0.6 is 0 Å². The summed E-state index contributed by atoms with van der Waals surface area (Å²) in [6.45, 7) is 4.58. The van der Waals surface area contributed by atoms with Crippen molar-refractivity contribution in [2.24, 2.45) is 0 Å². The Labute approximate surface area is 112 Å². The third-order valence-electron chi connectivity index (χ3n) is 4.03. The molecule has 0 unspecified atom stereocenters. The molecular weight excluding hydrogens is 216 g/mol. The summed E-state index contributed by atoms with van der Waals surface area (Å²) in [4.78, 5) is 0. The van der Waals surface area contributed by atoms with Crippen LogP contribution in [0.3, 0.4) is 0 Å². The number of aryl methyl sites for hydroxylation is 1. The summed E-state index contributed by atoms with van der Waals surface area (Å²) in [5, 5.41) is 0. The van der Waals surface area contributed by atoms with E-state index in [0.717, 1.165) is 12.8 Å². The lowest BCUT2D eigenvalue weighted by Gasteiger charge is -2.20. The molecule has 0 fully saturated rings. The van der Waals surface area contributed by atoms with E-state index in [4.69, 9.17) is 0 Å². The number of hydrogen-bond donors (Lipinski definition) is 0. The van der Waals surface area contributed by atoms with E-state index in [2.05, 4.69) is 38.1 Å². The molecule has 18 heavy (non-hydrogen) atoms. The van der Waals surface area contributed by atoms with Crippen molar-refractivity contribution in [1.29, 1.82) is 0 Å². The molecular formula is C18H26. The Morgan fingerprint density at radius 2 is 1.61 bits per heavy atom. The molecule has 0 aliphatic heterocycles. The van der Waals surface area contributed by atoms with Crippen LogP contribution in [0.2, 0.25) is 0 Å². The summed E-state index contributed by atoms with van der Waals surface area (Å²) >= 11 is 0. The third-order valence-corrected chi connectivity index (χ3v) is 4.03. The summed E-state index contributed by atoms with van der Waals surface area (Å²) in [6.07, 6.45) is 14.8. The molecule has 0 saturated heterocycles. The maximum Gasteiger partial charge on any atom is -0.00917 e. The van der Waals surface area contributed by atoms with Crippen LogP contribution < -0.4 is 0 Å². The monoisotopic (exact) mass is 242 g/mol. The van der Waals surface area contributed by atoms with Gasteiger partial charge in [-0.2, -0.15) is 0 Å². The van der Waals surface area contributed by atoms with E-state index in [1.54, 1.807) is 22.3 Å². The van der Waals surface area contributed by atoms with Crippen molar-refractivity contribution in [2.45, 2.75) is 65.2 Å². The molecule has 0 saturated carbocycles. The van der Waals surface area contributed by atoms with E-state index >= 15 is 0 Å². The summed E-state index contributed by atoms with van der Waals surface area (Å²) in [5.41, 5.74) is 6.54. The minimum Gasteiger partial charge on any atom is -0.0838 e. The van der Waals surface area contributed by atoms with E-state index in [1.165, 1.54) is 38.5 Å². The second-order valence-corrected chi connectivity index (χ2v) is 5.43. The molecule has 0 nitrogen and oxygen atoms in total. The summed E-state index contributed by atoms with van der Waals surface area (Å²) in [5.74, 6) is 0. The first-order chi connectivity index (χ1) is 8.86. The molecule has 0 bridgehead atoms. The molecule has 0 aromatic heterocycles. The van der Waals surface area contributed by atoms with Crippen molar-refractivity contribution in [1.82, 2.24) is 0 Å². The fourth-order valence-corrected chi connectivity index (χ4v) is 2.91. The molecule has 0 heteroatoms. The lowest BCUT2D eigenvalue weighted by molar-refractivity contribution is 0.750. The van der Waals surface area contributed by atoms with Crippen LogP contribution in [0.25, 0.3) is 0 Å². The lowest BCUT2D eigenvalue weighted by Crippen LogP contribution is -2.07. The Morgan fingerprint density at radius 3 is 2.39 bits per heavy atom. The molecule has 0 amide bonds. The van der Waals surface area contributed by atoms with Crippen LogP contribution in [0, 0.1) is 0 Å². The van der Waals surface area contributed by atoms with Crippen molar-refractivity contribution < 1.29 is 0 Å². The van der Waals surface area contributed by atoms with E-state index in [0.29, 0.717) is 0 Å². The van der Waals surface area contributed by atoms with E-state index in [-0.39, 0.29) is 0 Å². The molecule has 0 spiro atoms. The van der Waals surface area contributed by atoms with Gasteiger partial charge in [-0.15, -0.1) is 0 Å². The molecule has 1 aromatic carbocycles. The molecule has 0 N–H and O–H groups in total. The van der Waals surface area contributed by atoms with Gasteiger partial charge in [0.15, 0.2) is 0 Å². The van der Waals surface area contributed by atoms with Gasteiger partial charge in [0.2, 0.25) is 0 Å². The molecule has 1 aromatic rings. The van der Waals surface area contributed by atoms with Crippen LogP contribution in [0.5, 0.6) is 0 Å². The third kappa shape index (κ3) is 3.04. The van der Waals surface area contributed by atoms with Crippen LogP contribution in [0.15, 0.2) is 24.3 Å². The predicted octanol–water partition coefficient (Wildman–Crippen LogP) is 5.03. The zero-order valence-corrected chi connectivity index (χ0v) is 12.0. The second kappa shape index (κ2) is 6.78. The van der Waals surface area contributed by atoms with Crippen molar-refractivity contribution in [3.8, 4) is 0 Å². The zero-order valence-electron chi connectivity index (χ0n) is 12.0. The highest BCUT2D eigenvalue weighted by atomic mass is 14.2. The Hall–Kier alpha value is -1.04. The Morgan fingerprint density at radius 1 is 0.889 bits per heavy atom. The Kier molecular flexibility index (Phi) is 5.04. The first-order valence-electron chi connectivity index (χ1n) is 7.64. The van der Waals surface area contributed by atoms with Gasteiger partial charge in [-0.1, -0.05) is 51.0 Å². The van der Waals surface area contributed by atoms with Gasteiger partial charge in [0.25, 0.3) is 0 Å². The van der Waals surface area contributed by atoms with Gasteiger partial charge in [-0.3, -0.25) is 0 Å². The molecule has 1 aliphatic carbocycles. The maximum atomic E-state index is 2.40. The SMILES string of the molecule is CCCCc1ccc2c(c1CCCC)CC=CC2. The Balaban J connectivity index is 2.28. The molecule has 2 rings (SSSR count). The van der Waals surface area contributed by atoms with Gasteiger partial charge in [0.05, 0.1) is 0 Å². The molecule has 1 aliphatic rings. The number of fused-ring (bicyclic) bond motifs is 1. The van der Waals surface area contributed by atoms with Crippen molar-refractivity contribution in [2.75, 3.05) is 0 Å². The highest BCUT2D eigenvalue weighted by molar-refractivity contribution is 5.45. The van der Waals surface area contributed by atoms with Gasteiger partial charge in [-0.25, -0.2) is 0 Å². The van der Waals surface area contributed by atoms with Gasteiger partial charge < -0.3 is 0 Å². The summed E-state index contributed by atoms with van der Waals surface area (Å²) < 4.78 is 0. The second-order valence-electron chi connectivity index (χ2n) is 5.43. The first-order valence-corrected chi connectivity index (χ1v) is 7.64. The van der Waals surface area contributed by atoms with Crippen LogP contribution in [-0.4, -0.2) is 0 Å². The predicted molar refractivity (Wildman–Crippen MR) is 80.2 cm³/mol. The van der Waals surface area contributed by atoms with Gasteiger partial charge in [0, 0.05) is 0 Å². The topological polar surface area (TPSA) is 0 Å². The zero-order chi connectivity index (χ0) is 12.8. The first kappa shape index (κ1) is 13.4. The van der Waals surface area contributed by atoms with Crippen molar-refractivity contribution in [3.63, 3.8) is 0 Å². The normalized spacial score (nSPS) is 13.7.